The van der Waals surface area contributed by atoms with E-state index >= 15 is 0 Å². The first-order chi connectivity index (χ1) is 17.3. The van der Waals surface area contributed by atoms with E-state index in [1.165, 1.54) is 0 Å². The predicted octanol–water partition coefficient (Wildman–Crippen LogP) is 5.29. The Kier molecular flexibility index (Phi) is 7.59. The van der Waals surface area contributed by atoms with Gasteiger partial charge in [0, 0.05) is 34.3 Å². The van der Waals surface area contributed by atoms with Crippen molar-refractivity contribution >= 4 is 23.4 Å². The van der Waals surface area contributed by atoms with Crippen LogP contribution < -0.4 is 19.5 Å². The van der Waals surface area contributed by atoms with Gasteiger partial charge in [-0.25, -0.2) is 4.79 Å². The first kappa shape index (κ1) is 25.6. The van der Waals surface area contributed by atoms with Crippen LogP contribution in [0.2, 0.25) is 5.02 Å². The monoisotopic (exact) mass is 511 g/mol. The lowest BCUT2D eigenvalue weighted by Gasteiger charge is -2.37. The maximum Gasteiger partial charge on any atom is 0.336 e. The Morgan fingerprint density at radius 1 is 1.06 bits per heavy atom. The Labute approximate surface area is 216 Å². The number of nitrogens with one attached hydrogen (secondary N) is 1. The van der Waals surface area contributed by atoms with E-state index in [-0.39, 0.29) is 24.7 Å². The van der Waals surface area contributed by atoms with Gasteiger partial charge in [-0.15, -0.1) is 0 Å². The highest BCUT2D eigenvalue weighted by atomic mass is 35.5. The third-order valence-corrected chi connectivity index (χ3v) is 7.04. The largest absolute Gasteiger partial charge is 0.493 e. The maximum atomic E-state index is 13.8. The van der Waals surface area contributed by atoms with E-state index < -0.39 is 11.9 Å². The topological polar surface area (TPSA) is 83.1 Å². The van der Waals surface area contributed by atoms with E-state index in [2.05, 4.69) is 5.32 Å². The van der Waals surface area contributed by atoms with Crippen LogP contribution in [-0.4, -0.2) is 39.7 Å². The van der Waals surface area contributed by atoms with Crippen molar-refractivity contribution < 1.29 is 28.5 Å². The summed E-state index contributed by atoms with van der Waals surface area (Å²) in [6.45, 7) is 3.81. The molecule has 0 saturated heterocycles. The number of halogens is 1. The molecule has 2 aliphatic rings. The highest BCUT2D eigenvalue weighted by Crippen LogP contribution is 2.49. The minimum Gasteiger partial charge on any atom is -0.493 e. The zero-order valence-electron chi connectivity index (χ0n) is 21.1. The van der Waals surface area contributed by atoms with Gasteiger partial charge in [-0.3, -0.25) is 4.79 Å². The quantitative estimate of drug-likeness (QED) is 0.505. The number of benzene rings is 2. The average Bonchev–Trinajstić information content (AvgIpc) is 2.87. The van der Waals surface area contributed by atoms with E-state index in [0.29, 0.717) is 51.1 Å². The molecule has 0 bridgehead atoms. The van der Waals surface area contributed by atoms with E-state index in [0.717, 1.165) is 11.3 Å². The Hall–Kier alpha value is -3.45. The highest BCUT2D eigenvalue weighted by molar-refractivity contribution is 6.31. The Morgan fingerprint density at radius 2 is 1.72 bits per heavy atom. The van der Waals surface area contributed by atoms with Crippen LogP contribution in [0.3, 0.4) is 0 Å². The van der Waals surface area contributed by atoms with E-state index in [4.69, 9.17) is 30.5 Å². The highest BCUT2D eigenvalue weighted by Gasteiger charge is 2.42. The third-order valence-electron chi connectivity index (χ3n) is 6.70. The molecule has 0 spiro atoms. The predicted molar refractivity (Wildman–Crippen MR) is 137 cm³/mol. The third kappa shape index (κ3) is 4.55. The summed E-state index contributed by atoms with van der Waals surface area (Å²) in [6.07, 6.45) is 0.823. The van der Waals surface area contributed by atoms with Crippen molar-refractivity contribution in [2.45, 2.75) is 38.5 Å². The molecule has 0 aromatic heterocycles. The van der Waals surface area contributed by atoms with Gasteiger partial charge in [0.2, 0.25) is 5.75 Å². The number of methoxy groups -OCH3 is 3. The minimum atomic E-state index is -0.609. The fourth-order valence-electron chi connectivity index (χ4n) is 5.11. The van der Waals surface area contributed by atoms with Crippen molar-refractivity contribution in [2.75, 3.05) is 27.9 Å². The molecule has 2 aromatic carbocycles. The number of Topliss-reactive ketones (excluding diaryl/α,β-unsaturated/α-hetero) is 1. The van der Waals surface area contributed by atoms with Crippen LogP contribution in [0.25, 0.3) is 0 Å². The molecule has 0 saturated carbocycles. The van der Waals surface area contributed by atoms with Crippen LogP contribution in [-0.2, 0) is 14.3 Å². The fraction of sp³-hybridized carbons (Fsp3) is 0.357. The summed E-state index contributed by atoms with van der Waals surface area (Å²) in [4.78, 5) is 26.8. The molecular formula is C28H30ClNO6. The summed E-state index contributed by atoms with van der Waals surface area (Å²) in [5.74, 6) is 0.317. The van der Waals surface area contributed by atoms with Gasteiger partial charge in [0.15, 0.2) is 17.3 Å². The number of hydrogen-bond acceptors (Lipinski definition) is 7. The average molecular weight is 512 g/mol. The molecule has 1 heterocycles. The Balaban J connectivity index is 1.81. The number of dihydropyridines is 1. The molecule has 190 valence electrons. The van der Waals surface area contributed by atoms with E-state index in [9.17, 15) is 9.59 Å². The van der Waals surface area contributed by atoms with Crippen LogP contribution in [0.4, 0.5) is 0 Å². The smallest absolute Gasteiger partial charge is 0.336 e. The van der Waals surface area contributed by atoms with Gasteiger partial charge in [0.1, 0.15) is 0 Å². The minimum absolute atomic E-state index is 0.0540. The van der Waals surface area contributed by atoms with Gasteiger partial charge in [-0.05, 0) is 55.5 Å². The molecule has 0 radical (unpaired) electrons. The first-order valence-corrected chi connectivity index (χ1v) is 12.2. The molecule has 4 rings (SSSR count). The van der Waals surface area contributed by atoms with Crippen LogP contribution in [0.5, 0.6) is 17.2 Å². The van der Waals surface area contributed by atoms with Crippen LogP contribution in [0.15, 0.2) is 58.9 Å². The molecule has 8 heteroatoms. The van der Waals surface area contributed by atoms with Crippen LogP contribution in [0.1, 0.15) is 49.7 Å². The zero-order chi connectivity index (χ0) is 26.0. The SMILES string of the molecule is CCOC(=O)C1=C(C)NC2=C(C(=O)CC(c3cc(OC)c(OC)c(OC)c3)C2)C1c1ccccc1Cl. The lowest BCUT2D eigenvalue weighted by atomic mass is 9.71. The number of carbonyl (C=O) groups excluding carboxylic acids is 2. The van der Waals surface area contributed by atoms with Gasteiger partial charge in [-0.2, -0.15) is 0 Å². The van der Waals surface area contributed by atoms with E-state index in [1.807, 2.05) is 37.3 Å². The number of ketones is 1. The summed E-state index contributed by atoms with van der Waals surface area (Å²) in [6, 6.07) is 11.1. The van der Waals surface area contributed by atoms with Gasteiger partial charge in [0.25, 0.3) is 0 Å². The summed E-state index contributed by atoms with van der Waals surface area (Å²) in [5, 5.41) is 3.84. The first-order valence-electron chi connectivity index (χ1n) is 11.8. The fourth-order valence-corrected chi connectivity index (χ4v) is 5.36. The number of rotatable bonds is 7. The van der Waals surface area contributed by atoms with Crippen molar-refractivity contribution in [1.82, 2.24) is 5.32 Å². The number of hydrogen-bond donors (Lipinski definition) is 1. The van der Waals surface area contributed by atoms with Crippen LogP contribution in [0, 0.1) is 0 Å². The van der Waals surface area contributed by atoms with Crippen molar-refractivity contribution in [2.24, 2.45) is 0 Å². The van der Waals surface area contributed by atoms with Crippen LogP contribution >= 0.6 is 11.6 Å². The van der Waals surface area contributed by atoms with E-state index in [1.54, 1.807) is 34.3 Å². The number of allylic oxidation sites excluding steroid dienone is 3. The molecular weight excluding hydrogens is 482 g/mol. The molecule has 2 atom stereocenters. The molecule has 0 fully saturated rings. The second-order valence-corrected chi connectivity index (χ2v) is 9.13. The summed E-state index contributed by atoms with van der Waals surface area (Å²) >= 11 is 6.58. The van der Waals surface area contributed by atoms with Crippen molar-refractivity contribution in [3.05, 3.63) is 75.1 Å². The second kappa shape index (κ2) is 10.7. The number of esters is 1. The summed E-state index contributed by atoms with van der Waals surface area (Å²) in [5.41, 5.74) is 3.99. The standard InChI is InChI=1S/C28H30ClNO6/c1-6-36-28(32)24-15(2)30-20-11-16(17-13-22(33-3)27(35-5)23(14-17)34-4)12-21(31)26(20)25(24)18-9-7-8-10-19(18)29/h7-10,13-14,16,25,30H,6,11-12H2,1-5H3. The Bertz CT molecular complexity index is 1240. The van der Waals surface area contributed by atoms with Gasteiger partial charge in [0.05, 0.1) is 33.5 Å². The molecule has 2 aromatic rings. The number of ether oxygens (including phenoxy) is 4. The molecule has 36 heavy (non-hydrogen) atoms. The summed E-state index contributed by atoms with van der Waals surface area (Å²) < 4.78 is 21.9. The lowest BCUT2D eigenvalue weighted by molar-refractivity contribution is -0.138. The molecule has 7 nitrogen and oxygen atoms in total. The van der Waals surface area contributed by atoms with Gasteiger partial charge >= 0.3 is 5.97 Å². The second-order valence-electron chi connectivity index (χ2n) is 8.72. The normalized spacial score (nSPS) is 19.4. The lowest BCUT2D eigenvalue weighted by Crippen LogP contribution is -2.36. The molecule has 0 amide bonds. The van der Waals surface area contributed by atoms with Crippen molar-refractivity contribution in [1.29, 1.82) is 0 Å². The van der Waals surface area contributed by atoms with Gasteiger partial charge in [-0.1, -0.05) is 29.8 Å². The van der Waals surface area contributed by atoms with Crippen molar-refractivity contribution in [3.8, 4) is 17.2 Å². The molecule has 1 aliphatic carbocycles. The zero-order valence-corrected chi connectivity index (χ0v) is 21.8. The number of carbonyl (C=O) groups is 2. The maximum absolute atomic E-state index is 13.8. The molecule has 1 N–H and O–H groups in total. The van der Waals surface area contributed by atoms with Gasteiger partial charge < -0.3 is 24.3 Å². The molecule has 2 unspecified atom stereocenters. The molecule has 1 aliphatic heterocycles. The Morgan fingerprint density at radius 3 is 2.31 bits per heavy atom. The summed E-state index contributed by atoms with van der Waals surface area (Å²) in [7, 11) is 4.68. The van der Waals surface area contributed by atoms with Crippen molar-refractivity contribution in [3.63, 3.8) is 0 Å².